The first-order chi connectivity index (χ1) is 8.68. The summed E-state index contributed by atoms with van der Waals surface area (Å²) in [5.41, 5.74) is 8.77. The van der Waals surface area contributed by atoms with Gasteiger partial charge in [0.1, 0.15) is 0 Å². The molecule has 2 nitrogen and oxygen atoms in total. The smallest absolute Gasteiger partial charge is 0.0632 e. The number of benzene rings is 2. The highest BCUT2D eigenvalue weighted by molar-refractivity contribution is 9.10. The zero-order chi connectivity index (χ0) is 13.0. The lowest BCUT2D eigenvalue weighted by Crippen LogP contribution is -2.02. The lowest BCUT2D eigenvalue weighted by Gasteiger charge is -2.05. The van der Waals surface area contributed by atoms with Gasteiger partial charge in [-0.05, 0) is 17.7 Å². The molecule has 3 N–H and O–H groups in total. The van der Waals surface area contributed by atoms with E-state index in [1.54, 1.807) is 6.08 Å². The van der Waals surface area contributed by atoms with Gasteiger partial charge in [-0.25, -0.2) is 0 Å². The molecule has 0 bridgehead atoms. The molecule has 2 aromatic carbocycles. The Morgan fingerprint density at radius 1 is 1.00 bits per heavy atom. The van der Waals surface area contributed by atoms with Gasteiger partial charge in [-0.1, -0.05) is 64.5 Å². The maximum Gasteiger partial charge on any atom is 0.0632 e. The van der Waals surface area contributed by atoms with Gasteiger partial charge in [0.25, 0.3) is 0 Å². The molecule has 0 radical (unpaired) electrons. The highest BCUT2D eigenvalue weighted by atomic mass is 79.9. The van der Waals surface area contributed by atoms with Crippen LogP contribution in [0.2, 0.25) is 0 Å². The number of hydrogen-bond acceptors (Lipinski definition) is 2. The Kier molecular flexibility index (Phi) is 3.95. The molecule has 0 fully saturated rings. The third kappa shape index (κ3) is 2.87. The highest BCUT2D eigenvalue weighted by Crippen LogP contribution is 2.21. The normalized spacial score (nSPS) is 11.3. The van der Waals surface area contributed by atoms with Crippen molar-refractivity contribution in [3.8, 4) is 0 Å². The minimum atomic E-state index is 0.406. The summed E-state index contributed by atoms with van der Waals surface area (Å²) in [6.07, 6.45) is 1.68. The molecule has 2 rings (SSSR count). The lowest BCUT2D eigenvalue weighted by atomic mass is 10.1. The summed E-state index contributed by atoms with van der Waals surface area (Å²) < 4.78 is 0.930. The predicted molar refractivity (Wildman–Crippen MR) is 79.6 cm³/mol. The van der Waals surface area contributed by atoms with Gasteiger partial charge in [-0.2, -0.15) is 0 Å². The average Bonchev–Trinajstić information content (AvgIpc) is 2.40. The van der Waals surface area contributed by atoms with Crippen LogP contribution in [0.15, 0.2) is 65.1 Å². The Bertz CT molecular complexity index is 588. The summed E-state index contributed by atoms with van der Waals surface area (Å²) in [7, 11) is 0. The van der Waals surface area contributed by atoms with Gasteiger partial charge in [0, 0.05) is 15.7 Å². The van der Waals surface area contributed by atoms with Crippen molar-refractivity contribution in [3.05, 3.63) is 76.3 Å². The van der Waals surface area contributed by atoms with Crippen LogP contribution in [-0.2, 0) is 0 Å². The fourth-order valence-corrected chi connectivity index (χ4v) is 2.14. The van der Waals surface area contributed by atoms with Crippen LogP contribution in [0.5, 0.6) is 0 Å². The van der Waals surface area contributed by atoms with E-state index in [1.165, 1.54) is 0 Å². The number of nitrogens with two attached hydrogens (primary N) is 1. The molecule has 0 saturated carbocycles. The number of rotatable bonds is 3. The SMILES string of the molecule is N=C(/C=C(\N)c1ccccc1Br)c1ccccc1. The zero-order valence-corrected chi connectivity index (χ0v) is 11.3. The molecule has 0 aliphatic carbocycles. The van der Waals surface area contributed by atoms with Crippen molar-refractivity contribution in [1.82, 2.24) is 0 Å². The van der Waals surface area contributed by atoms with Gasteiger partial charge in [-0.15, -0.1) is 0 Å². The molecule has 0 heterocycles. The molecule has 0 aliphatic heterocycles. The number of halogens is 1. The van der Waals surface area contributed by atoms with Gasteiger partial charge < -0.3 is 11.1 Å². The van der Waals surface area contributed by atoms with Crippen molar-refractivity contribution < 1.29 is 0 Å². The molecule has 0 unspecified atom stereocenters. The Balaban J connectivity index is 2.30. The molecule has 3 heteroatoms. The van der Waals surface area contributed by atoms with Crippen LogP contribution >= 0.6 is 15.9 Å². The second-order valence-electron chi connectivity index (χ2n) is 3.86. The van der Waals surface area contributed by atoms with Crippen molar-refractivity contribution in [2.24, 2.45) is 5.73 Å². The third-order valence-corrected chi connectivity index (χ3v) is 3.26. The Hall–Kier alpha value is -1.87. The molecule has 0 aromatic heterocycles. The molecule has 90 valence electrons. The van der Waals surface area contributed by atoms with E-state index in [2.05, 4.69) is 15.9 Å². The maximum atomic E-state index is 8.01. The zero-order valence-electron chi connectivity index (χ0n) is 9.73. The average molecular weight is 301 g/mol. The molecule has 0 aliphatic rings. The van der Waals surface area contributed by atoms with Crippen LogP contribution in [-0.4, -0.2) is 5.71 Å². The van der Waals surface area contributed by atoms with Crippen molar-refractivity contribution in [2.45, 2.75) is 0 Å². The van der Waals surface area contributed by atoms with E-state index < -0.39 is 0 Å². The van der Waals surface area contributed by atoms with E-state index in [0.717, 1.165) is 15.6 Å². The maximum absolute atomic E-state index is 8.01. The van der Waals surface area contributed by atoms with Crippen LogP contribution in [0.3, 0.4) is 0 Å². The van der Waals surface area contributed by atoms with E-state index in [1.807, 2.05) is 54.6 Å². The van der Waals surface area contributed by atoms with Crippen LogP contribution in [0.25, 0.3) is 5.70 Å². The lowest BCUT2D eigenvalue weighted by molar-refractivity contribution is 1.46. The van der Waals surface area contributed by atoms with Crippen LogP contribution in [0.1, 0.15) is 11.1 Å². The van der Waals surface area contributed by atoms with E-state index in [9.17, 15) is 0 Å². The van der Waals surface area contributed by atoms with Gasteiger partial charge in [0.15, 0.2) is 0 Å². The molecule has 0 amide bonds. The second-order valence-corrected chi connectivity index (χ2v) is 4.71. The minimum Gasteiger partial charge on any atom is -0.398 e. The number of nitrogens with one attached hydrogen (secondary N) is 1. The first-order valence-corrected chi connectivity index (χ1v) is 6.34. The monoisotopic (exact) mass is 300 g/mol. The van der Waals surface area contributed by atoms with Crippen LogP contribution in [0, 0.1) is 5.41 Å². The predicted octanol–water partition coefficient (Wildman–Crippen LogP) is 3.82. The van der Waals surface area contributed by atoms with E-state index >= 15 is 0 Å². The van der Waals surface area contributed by atoms with Gasteiger partial charge in [0.05, 0.1) is 5.71 Å². The Morgan fingerprint density at radius 2 is 1.61 bits per heavy atom. The molecule has 0 saturated heterocycles. The van der Waals surface area contributed by atoms with Crippen molar-refractivity contribution in [3.63, 3.8) is 0 Å². The summed E-state index contributed by atoms with van der Waals surface area (Å²) >= 11 is 3.45. The molecule has 2 aromatic rings. The van der Waals surface area contributed by atoms with Gasteiger partial charge >= 0.3 is 0 Å². The summed E-state index contributed by atoms with van der Waals surface area (Å²) in [4.78, 5) is 0. The van der Waals surface area contributed by atoms with Crippen molar-refractivity contribution >= 4 is 27.3 Å². The quantitative estimate of drug-likeness (QED) is 0.832. The molecular formula is C15H13BrN2. The topological polar surface area (TPSA) is 49.9 Å². The van der Waals surface area contributed by atoms with Crippen LogP contribution in [0.4, 0.5) is 0 Å². The standard InChI is InChI=1S/C15H13BrN2/c16-13-9-5-4-8-12(13)15(18)10-14(17)11-6-2-1-3-7-11/h1-10,17H,18H2/b15-10-,17-14?. The highest BCUT2D eigenvalue weighted by Gasteiger charge is 2.03. The van der Waals surface area contributed by atoms with Gasteiger partial charge in [0.2, 0.25) is 0 Å². The Morgan fingerprint density at radius 3 is 2.28 bits per heavy atom. The summed E-state index contributed by atoms with van der Waals surface area (Å²) in [6.45, 7) is 0. The first kappa shape index (κ1) is 12.6. The fourth-order valence-electron chi connectivity index (χ4n) is 1.63. The second kappa shape index (κ2) is 5.65. The van der Waals surface area contributed by atoms with Crippen molar-refractivity contribution in [1.29, 1.82) is 5.41 Å². The summed E-state index contributed by atoms with van der Waals surface area (Å²) in [5, 5.41) is 8.01. The first-order valence-electron chi connectivity index (χ1n) is 5.54. The fraction of sp³-hybridized carbons (Fsp3) is 0. The molecule has 0 spiro atoms. The third-order valence-electron chi connectivity index (χ3n) is 2.57. The van der Waals surface area contributed by atoms with Gasteiger partial charge in [-0.3, -0.25) is 0 Å². The summed E-state index contributed by atoms with van der Waals surface area (Å²) in [5.74, 6) is 0. The Labute approximate surface area is 115 Å². The molecule has 0 atom stereocenters. The van der Waals surface area contributed by atoms with Crippen molar-refractivity contribution in [2.75, 3.05) is 0 Å². The molecule has 18 heavy (non-hydrogen) atoms. The largest absolute Gasteiger partial charge is 0.398 e. The number of hydrogen-bond donors (Lipinski definition) is 2. The summed E-state index contributed by atoms with van der Waals surface area (Å²) in [6, 6.07) is 17.3. The van der Waals surface area contributed by atoms with E-state index in [-0.39, 0.29) is 0 Å². The van der Waals surface area contributed by atoms with E-state index in [0.29, 0.717) is 11.4 Å². The van der Waals surface area contributed by atoms with Crippen LogP contribution < -0.4 is 5.73 Å². The number of allylic oxidation sites excluding steroid dienone is 1. The minimum absolute atomic E-state index is 0.406. The van der Waals surface area contributed by atoms with E-state index in [4.69, 9.17) is 11.1 Å². The molecular weight excluding hydrogens is 288 g/mol.